The van der Waals surface area contributed by atoms with E-state index in [1.807, 2.05) is 19.9 Å². The molecule has 0 aliphatic heterocycles. The Morgan fingerprint density at radius 1 is 1.35 bits per heavy atom. The van der Waals surface area contributed by atoms with E-state index >= 15 is 0 Å². The molecule has 124 valence electrons. The molecule has 2 aromatic rings. The number of sulfonamides is 1. The van der Waals surface area contributed by atoms with Crippen LogP contribution in [0.5, 0.6) is 5.75 Å². The lowest BCUT2D eigenvalue weighted by Crippen LogP contribution is -2.24. The summed E-state index contributed by atoms with van der Waals surface area (Å²) in [4.78, 5) is 3.61. The van der Waals surface area contributed by atoms with E-state index < -0.39 is 10.0 Å². The molecule has 0 unspecified atom stereocenters. The number of nitrogen functional groups attached to an aromatic ring is 1. The van der Waals surface area contributed by atoms with Crippen LogP contribution in [0.4, 0.5) is 5.82 Å². The second-order valence-corrected chi connectivity index (χ2v) is 7.35. The number of aromatic nitrogens is 1. The Balaban J connectivity index is 2.15. The van der Waals surface area contributed by atoms with Crippen molar-refractivity contribution in [3.63, 3.8) is 0 Å². The van der Waals surface area contributed by atoms with Gasteiger partial charge >= 0.3 is 0 Å². The molecule has 0 radical (unpaired) electrons. The van der Waals surface area contributed by atoms with Crippen LogP contribution >= 0.6 is 11.6 Å². The molecule has 1 aromatic heterocycles. The van der Waals surface area contributed by atoms with E-state index in [4.69, 9.17) is 22.1 Å². The van der Waals surface area contributed by atoms with Crippen LogP contribution in [-0.2, 0) is 16.6 Å². The van der Waals surface area contributed by atoms with Gasteiger partial charge in [-0.25, -0.2) is 18.1 Å². The van der Waals surface area contributed by atoms with Gasteiger partial charge in [0.15, 0.2) is 0 Å². The van der Waals surface area contributed by atoms with Gasteiger partial charge in [-0.05, 0) is 37.6 Å². The van der Waals surface area contributed by atoms with Crippen molar-refractivity contribution in [3.05, 3.63) is 47.1 Å². The lowest BCUT2D eigenvalue weighted by molar-refractivity contribution is 0.242. The molecule has 2 rings (SSSR count). The maximum atomic E-state index is 12.3. The third-order valence-corrected chi connectivity index (χ3v) is 4.51. The maximum Gasteiger partial charge on any atom is 0.244 e. The minimum Gasteiger partial charge on any atom is -0.491 e. The summed E-state index contributed by atoms with van der Waals surface area (Å²) < 4.78 is 32.7. The summed E-state index contributed by atoms with van der Waals surface area (Å²) in [6.07, 6.45) is 1.34. The summed E-state index contributed by atoms with van der Waals surface area (Å²) in [5.41, 5.74) is 6.38. The second kappa shape index (κ2) is 7.16. The largest absolute Gasteiger partial charge is 0.491 e. The molecule has 3 N–H and O–H groups in total. The van der Waals surface area contributed by atoms with E-state index in [2.05, 4.69) is 9.71 Å². The molecule has 0 bridgehead atoms. The molecule has 0 amide bonds. The molecule has 0 saturated heterocycles. The number of hydrogen-bond acceptors (Lipinski definition) is 5. The Morgan fingerprint density at radius 2 is 2.09 bits per heavy atom. The van der Waals surface area contributed by atoms with Crippen LogP contribution in [0.2, 0.25) is 5.02 Å². The Hall–Kier alpha value is -1.83. The SMILES string of the molecule is CC(C)Oc1cccc(CNS(=O)(=O)c2cc(Cl)cnc2N)c1. The average Bonchev–Trinajstić information content (AvgIpc) is 2.47. The van der Waals surface area contributed by atoms with Gasteiger partial charge in [0.05, 0.1) is 11.1 Å². The number of nitrogens with one attached hydrogen (secondary N) is 1. The number of pyridine rings is 1. The van der Waals surface area contributed by atoms with Gasteiger partial charge in [0.25, 0.3) is 0 Å². The van der Waals surface area contributed by atoms with Crippen molar-refractivity contribution < 1.29 is 13.2 Å². The lowest BCUT2D eigenvalue weighted by Gasteiger charge is -2.12. The molecule has 0 aliphatic carbocycles. The van der Waals surface area contributed by atoms with E-state index in [1.54, 1.807) is 18.2 Å². The first-order valence-electron chi connectivity index (χ1n) is 6.94. The Bertz CT molecular complexity index is 794. The standard InChI is InChI=1S/C15H18ClN3O3S/c1-10(2)22-13-5-3-4-11(6-13)8-19-23(20,21)14-7-12(16)9-18-15(14)17/h3-7,9-10,19H,8H2,1-2H3,(H2,17,18). The van der Waals surface area contributed by atoms with Gasteiger partial charge in [-0.3, -0.25) is 0 Å². The molecular weight excluding hydrogens is 338 g/mol. The number of nitrogens with two attached hydrogens (primary N) is 1. The first-order chi connectivity index (χ1) is 10.8. The summed E-state index contributed by atoms with van der Waals surface area (Å²) in [6.45, 7) is 3.94. The second-order valence-electron chi connectivity index (χ2n) is 5.18. The highest BCUT2D eigenvalue weighted by Crippen LogP contribution is 2.21. The lowest BCUT2D eigenvalue weighted by atomic mass is 10.2. The van der Waals surface area contributed by atoms with Gasteiger partial charge in [-0.15, -0.1) is 0 Å². The van der Waals surface area contributed by atoms with Crippen molar-refractivity contribution in [3.8, 4) is 5.75 Å². The van der Waals surface area contributed by atoms with Crippen molar-refractivity contribution in [2.45, 2.75) is 31.4 Å². The topological polar surface area (TPSA) is 94.3 Å². The highest BCUT2D eigenvalue weighted by Gasteiger charge is 2.18. The van der Waals surface area contributed by atoms with Gasteiger partial charge in [0.1, 0.15) is 16.5 Å². The van der Waals surface area contributed by atoms with Crippen LogP contribution in [0.15, 0.2) is 41.4 Å². The fourth-order valence-corrected chi connectivity index (χ4v) is 3.25. The smallest absolute Gasteiger partial charge is 0.244 e. The number of anilines is 1. The summed E-state index contributed by atoms with van der Waals surface area (Å²) in [5.74, 6) is 0.583. The van der Waals surface area contributed by atoms with Crippen LogP contribution < -0.4 is 15.2 Å². The number of rotatable bonds is 6. The Labute approximate surface area is 140 Å². The predicted octanol–water partition coefficient (Wildman–Crippen LogP) is 2.58. The molecule has 0 spiro atoms. The summed E-state index contributed by atoms with van der Waals surface area (Å²) in [7, 11) is -3.81. The fraction of sp³-hybridized carbons (Fsp3) is 0.267. The zero-order valence-electron chi connectivity index (χ0n) is 12.8. The van der Waals surface area contributed by atoms with Gasteiger partial charge in [-0.1, -0.05) is 23.7 Å². The molecule has 1 aromatic carbocycles. The van der Waals surface area contributed by atoms with Crippen LogP contribution in [0.25, 0.3) is 0 Å². The molecular formula is C15H18ClN3O3S. The molecule has 0 atom stereocenters. The average molecular weight is 356 g/mol. The van der Waals surface area contributed by atoms with Crippen molar-refractivity contribution in [1.82, 2.24) is 9.71 Å². The van der Waals surface area contributed by atoms with Crippen LogP contribution in [-0.4, -0.2) is 19.5 Å². The molecule has 0 saturated carbocycles. The number of hydrogen-bond donors (Lipinski definition) is 2. The number of benzene rings is 1. The Kier molecular flexibility index (Phi) is 5.46. The molecule has 8 heteroatoms. The van der Waals surface area contributed by atoms with Gasteiger partial charge < -0.3 is 10.5 Å². The minimum absolute atomic E-state index is 0.0410. The van der Waals surface area contributed by atoms with Gasteiger partial charge in [0.2, 0.25) is 10.0 Å². The first-order valence-corrected chi connectivity index (χ1v) is 8.80. The summed E-state index contributed by atoms with van der Waals surface area (Å²) >= 11 is 5.78. The van der Waals surface area contributed by atoms with E-state index in [1.165, 1.54) is 12.3 Å². The van der Waals surface area contributed by atoms with Crippen LogP contribution in [0, 0.1) is 0 Å². The van der Waals surface area contributed by atoms with Gasteiger partial charge in [-0.2, -0.15) is 0 Å². The zero-order chi connectivity index (χ0) is 17.0. The van der Waals surface area contributed by atoms with Crippen molar-refractivity contribution >= 4 is 27.4 Å². The fourth-order valence-electron chi connectivity index (χ4n) is 1.90. The minimum atomic E-state index is -3.81. The Morgan fingerprint density at radius 3 is 2.78 bits per heavy atom. The van der Waals surface area contributed by atoms with E-state index in [0.29, 0.717) is 5.75 Å². The van der Waals surface area contributed by atoms with Crippen molar-refractivity contribution in [1.29, 1.82) is 0 Å². The number of ether oxygens (including phenoxy) is 1. The highest BCUT2D eigenvalue weighted by atomic mass is 35.5. The van der Waals surface area contributed by atoms with E-state index in [9.17, 15) is 8.42 Å². The number of nitrogens with zero attached hydrogens (tertiary/aromatic N) is 1. The van der Waals surface area contributed by atoms with Gasteiger partial charge in [0, 0.05) is 12.7 Å². The molecule has 0 fully saturated rings. The maximum absolute atomic E-state index is 12.3. The third kappa shape index (κ3) is 4.82. The van der Waals surface area contributed by atoms with Crippen LogP contribution in [0.1, 0.15) is 19.4 Å². The molecule has 1 heterocycles. The zero-order valence-corrected chi connectivity index (χ0v) is 14.4. The molecule has 0 aliphatic rings. The van der Waals surface area contributed by atoms with Crippen molar-refractivity contribution in [2.75, 3.05) is 5.73 Å². The monoisotopic (exact) mass is 355 g/mol. The quantitative estimate of drug-likeness (QED) is 0.830. The normalized spacial score (nSPS) is 11.7. The molecule has 23 heavy (non-hydrogen) atoms. The van der Waals surface area contributed by atoms with Crippen molar-refractivity contribution in [2.24, 2.45) is 0 Å². The van der Waals surface area contributed by atoms with Crippen LogP contribution in [0.3, 0.4) is 0 Å². The van der Waals surface area contributed by atoms with E-state index in [-0.39, 0.29) is 28.4 Å². The summed E-state index contributed by atoms with van der Waals surface area (Å²) in [5, 5.41) is 0.201. The number of halogens is 1. The van der Waals surface area contributed by atoms with E-state index in [0.717, 1.165) is 5.56 Å². The summed E-state index contributed by atoms with van der Waals surface area (Å²) in [6, 6.07) is 8.47. The first kappa shape index (κ1) is 17.5. The predicted molar refractivity (Wildman–Crippen MR) is 89.9 cm³/mol. The third-order valence-electron chi connectivity index (χ3n) is 2.87. The highest BCUT2D eigenvalue weighted by molar-refractivity contribution is 7.89. The molecule has 6 nitrogen and oxygen atoms in total.